The van der Waals surface area contributed by atoms with Crippen molar-refractivity contribution in [1.29, 1.82) is 0 Å². The average Bonchev–Trinajstić information content (AvgIpc) is 3.42. The Bertz CT molecular complexity index is 1060. The maximum absolute atomic E-state index is 13.0. The molecule has 8 nitrogen and oxygen atoms in total. The summed E-state index contributed by atoms with van der Waals surface area (Å²) in [6.07, 6.45) is 4.82. The lowest BCUT2D eigenvalue weighted by atomic mass is 10.0. The Balaban J connectivity index is 1.49. The molecular weight excluding hydrogens is 394 g/mol. The van der Waals surface area contributed by atoms with Crippen LogP contribution in [0.25, 0.3) is 11.4 Å². The fourth-order valence-electron chi connectivity index (χ4n) is 3.61. The van der Waals surface area contributed by atoms with E-state index in [2.05, 4.69) is 20.4 Å². The van der Waals surface area contributed by atoms with Crippen LogP contribution in [0.4, 0.5) is 0 Å². The van der Waals surface area contributed by atoms with Gasteiger partial charge in [-0.2, -0.15) is 4.98 Å². The Morgan fingerprint density at radius 1 is 1.26 bits per heavy atom. The molecule has 1 aromatic carbocycles. The summed E-state index contributed by atoms with van der Waals surface area (Å²) >= 11 is 0. The van der Waals surface area contributed by atoms with Gasteiger partial charge in [0.15, 0.2) is 0 Å². The van der Waals surface area contributed by atoms with E-state index in [-0.39, 0.29) is 17.7 Å². The van der Waals surface area contributed by atoms with Gasteiger partial charge in [0.25, 0.3) is 5.91 Å². The van der Waals surface area contributed by atoms with Crippen molar-refractivity contribution in [1.82, 2.24) is 25.3 Å². The summed E-state index contributed by atoms with van der Waals surface area (Å²) in [6.45, 7) is 5.25. The van der Waals surface area contributed by atoms with Gasteiger partial charge >= 0.3 is 0 Å². The first-order valence-corrected chi connectivity index (χ1v) is 10.4. The number of nitrogens with zero attached hydrogens (tertiary/aromatic N) is 4. The van der Waals surface area contributed by atoms with Crippen molar-refractivity contribution in [3.8, 4) is 11.4 Å². The van der Waals surface area contributed by atoms with E-state index < -0.39 is 6.04 Å². The van der Waals surface area contributed by atoms with Crippen LogP contribution in [-0.4, -0.2) is 38.4 Å². The molecule has 31 heavy (non-hydrogen) atoms. The van der Waals surface area contributed by atoms with E-state index in [4.69, 9.17) is 4.52 Å². The summed E-state index contributed by atoms with van der Waals surface area (Å²) in [5.41, 5.74) is 2.21. The molecule has 2 aromatic heterocycles. The van der Waals surface area contributed by atoms with Crippen molar-refractivity contribution < 1.29 is 14.1 Å². The Morgan fingerprint density at radius 2 is 2.13 bits per heavy atom. The molecule has 2 amide bonds. The molecule has 1 fully saturated rings. The number of pyridine rings is 1. The van der Waals surface area contributed by atoms with Crippen molar-refractivity contribution in [3.63, 3.8) is 0 Å². The molecule has 0 bridgehead atoms. The van der Waals surface area contributed by atoms with Gasteiger partial charge in [0, 0.05) is 43.0 Å². The monoisotopic (exact) mass is 419 g/mol. The van der Waals surface area contributed by atoms with Gasteiger partial charge in [-0.05, 0) is 42.2 Å². The highest BCUT2D eigenvalue weighted by molar-refractivity contribution is 5.94. The van der Waals surface area contributed by atoms with E-state index >= 15 is 0 Å². The van der Waals surface area contributed by atoms with Crippen LogP contribution in [0, 0.1) is 5.92 Å². The molecule has 1 saturated heterocycles. The summed E-state index contributed by atoms with van der Waals surface area (Å²) in [7, 11) is 0. The minimum absolute atomic E-state index is 0.0385. The zero-order valence-electron chi connectivity index (χ0n) is 17.6. The molecule has 1 atom stereocenters. The fourth-order valence-corrected chi connectivity index (χ4v) is 3.61. The number of aromatic nitrogens is 3. The number of hydrogen-bond donors (Lipinski definition) is 1. The smallest absolute Gasteiger partial charge is 0.251 e. The number of nitrogens with one attached hydrogen (secondary N) is 1. The lowest BCUT2D eigenvalue weighted by molar-refractivity contribution is -0.128. The maximum Gasteiger partial charge on any atom is 0.251 e. The SMILES string of the molecule is CC(C)C(NC(=O)c1cccc(CN2CCCC2=O)c1)c1nc(-c2cccnc2)no1. The lowest BCUT2D eigenvalue weighted by Gasteiger charge is -2.19. The standard InChI is InChI=1S/C23H25N5O3/c1-15(2)20(23-26-21(27-31-23)18-8-4-10-24-13-18)25-22(30)17-7-3-6-16(12-17)14-28-11-5-9-19(28)29/h3-4,6-8,10,12-13,15,20H,5,9,11,14H2,1-2H3,(H,25,30). The Hall–Kier alpha value is -3.55. The van der Waals surface area contributed by atoms with Crippen LogP contribution in [0.15, 0.2) is 53.3 Å². The first-order chi connectivity index (χ1) is 15.0. The molecule has 3 aromatic rings. The zero-order valence-corrected chi connectivity index (χ0v) is 17.6. The van der Waals surface area contributed by atoms with Crippen molar-refractivity contribution in [2.45, 2.75) is 39.3 Å². The van der Waals surface area contributed by atoms with Crippen molar-refractivity contribution in [2.75, 3.05) is 6.54 Å². The summed E-state index contributed by atoms with van der Waals surface area (Å²) < 4.78 is 5.46. The zero-order chi connectivity index (χ0) is 21.8. The third-order valence-electron chi connectivity index (χ3n) is 5.31. The minimum Gasteiger partial charge on any atom is -0.340 e. The van der Waals surface area contributed by atoms with E-state index in [1.165, 1.54) is 0 Å². The molecule has 0 spiro atoms. The lowest BCUT2D eigenvalue weighted by Crippen LogP contribution is -2.32. The van der Waals surface area contributed by atoms with E-state index in [0.29, 0.717) is 30.2 Å². The number of amides is 2. The van der Waals surface area contributed by atoms with Crippen LogP contribution in [-0.2, 0) is 11.3 Å². The van der Waals surface area contributed by atoms with Crippen LogP contribution in [0.5, 0.6) is 0 Å². The Morgan fingerprint density at radius 3 is 2.84 bits per heavy atom. The second-order valence-electron chi connectivity index (χ2n) is 8.01. The molecule has 0 radical (unpaired) electrons. The third-order valence-corrected chi connectivity index (χ3v) is 5.31. The van der Waals surface area contributed by atoms with Gasteiger partial charge in [0.2, 0.25) is 17.6 Å². The average molecular weight is 419 g/mol. The third kappa shape index (κ3) is 4.79. The van der Waals surface area contributed by atoms with Gasteiger partial charge in [0.05, 0.1) is 0 Å². The Labute approximate surface area is 180 Å². The molecule has 3 heterocycles. The number of carbonyl (C=O) groups is 2. The van der Waals surface area contributed by atoms with E-state index in [1.807, 2.05) is 43.0 Å². The molecule has 0 saturated carbocycles. The number of hydrogen-bond acceptors (Lipinski definition) is 6. The van der Waals surface area contributed by atoms with Gasteiger partial charge in [0.1, 0.15) is 6.04 Å². The second kappa shape index (κ2) is 9.07. The van der Waals surface area contributed by atoms with E-state index in [0.717, 1.165) is 24.1 Å². The largest absolute Gasteiger partial charge is 0.340 e. The van der Waals surface area contributed by atoms with Crippen LogP contribution in [0.3, 0.4) is 0 Å². The minimum atomic E-state index is -0.436. The summed E-state index contributed by atoms with van der Waals surface area (Å²) in [4.78, 5) is 35.2. The van der Waals surface area contributed by atoms with Gasteiger partial charge in [-0.15, -0.1) is 0 Å². The first kappa shape index (κ1) is 20.7. The number of carbonyl (C=O) groups excluding carboxylic acids is 2. The molecule has 1 N–H and O–H groups in total. The summed E-state index contributed by atoms with van der Waals surface area (Å²) in [6, 6.07) is 10.6. The highest BCUT2D eigenvalue weighted by Crippen LogP contribution is 2.24. The predicted octanol–water partition coefficient (Wildman–Crippen LogP) is 3.38. The van der Waals surface area contributed by atoms with Crippen LogP contribution in [0.2, 0.25) is 0 Å². The molecule has 4 rings (SSSR count). The van der Waals surface area contributed by atoms with Crippen LogP contribution < -0.4 is 5.32 Å². The first-order valence-electron chi connectivity index (χ1n) is 10.4. The maximum atomic E-state index is 13.0. The molecule has 1 unspecified atom stereocenters. The van der Waals surface area contributed by atoms with Gasteiger partial charge in [-0.3, -0.25) is 14.6 Å². The Kier molecular flexibility index (Phi) is 6.06. The summed E-state index contributed by atoms with van der Waals surface area (Å²) in [5.74, 6) is 0.753. The molecule has 1 aliphatic heterocycles. The second-order valence-corrected chi connectivity index (χ2v) is 8.01. The van der Waals surface area contributed by atoms with Gasteiger partial charge in [-0.1, -0.05) is 31.1 Å². The highest BCUT2D eigenvalue weighted by Gasteiger charge is 2.26. The summed E-state index contributed by atoms with van der Waals surface area (Å²) in [5, 5.41) is 7.05. The number of rotatable bonds is 7. The van der Waals surface area contributed by atoms with E-state index in [9.17, 15) is 9.59 Å². The van der Waals surface area contributed by atoms with E-state index in [1.54, 1.807) is 24.5 Å². The van der Waals surface area contributed by atoms with Crippen molar-refractivity contribution in [2.24, 2.45) is 5.92 Å². The number of benzene rings is 1. The van der Waals surface area contributed by atoms with Crippen molar-refractivity contribution >= 4 is 11.8 Å². The fraction of sp³-hybridized carbons (Fsp3) is 0.348. The predicted molar refractivity (Wildman–Crippen MR) is 114 cm³/mol. The van der Waals surface area contributed by atoms with Crippen LogP contribution in [0.1, 0.15) is 54.5 Å². The van der Waals surface area contributed by atoms with Crippen LogP contribution >= 0.6 is 0 Å². The topological polar surface area (TPSA) is 101 Å². The number of likely N-dealkylation sites (tertiary alicyclic amines) is 1. The van der Waals surface area contributed by atoms with Gasteiger partial charge < -0.3 is 14.7 Å². The quantitative estimate of drug-likeness (QED) is 0.630. The molecule has 0 aliphatic carbocycles. The molecule has 160 valence electrons. The van der Waals surface area contributed by atoms with Gasteiger partial charge in [-0.25, -0.2) is 0 Å². The highest BCUT2D eigenvalue weighted by atomic mass is 16.5. The normalized spacial score (nSPS) is 14.8. The molecule has 1 aliphatic rings. The molecule has 8 heteroatoms. The molecular formula is C23H25N5O3. The van der Waals surface area contributed by atoms with Crippen molar-refractivity contribution in [3.05, 3.63) is 65.8 Å².